The largest absolute Gasteiger partial charge is 0.360 e. The highest BCUT2D eigenvalue weighted by Gasteiger charge is 2.07. The zero-order valence-corrected chi connectivity index (χ0v) is 15.4. The van der Waals surface area contributed by atoms with Gasteiger partial charge in [0.15, 0.2) is 4.34 Å². The number of carbonyl (C=O) groups is 1. The third-order valence-electron chi connectivity index (χ3n) is 2.73. The number of hydrogen-bond donors (Lipinski definition) is 2. The Morgan fingerprint density at radius 3 is 2.96 bits per heavy atom. The molecule has 0 aliphatic heterocycles. The lowest BCUT2D eigenvalue weighted by Gasteiger charge is -2.04. The van der Waals surface area contributed by atoms with Gasteiger partial charge in [-0.1, -0.05) is 54.6 Å². The quantitative estimate of drug-likeness (QED) is 0.675. The number of thioether (sulfide) groups is 1. The van der Waals surface area contributed by atoms with E-state index in [-0.39, 0.29) is 5.91 Å². The summed E-state index contributed by atoms with van der Waals surface area (Å²) in [5.41, 5.74) is 0.712. The van der Waals surface area contributed by atoms with Gasteiger partial charge in [-0.2, -0.15) is 0 Å². The van der Waals surface area contributed by atoms with Gasteiger partial charge in [0.25, 0.3) is 0 Å². The second-order valence-corrected chi connectivity index (χ2v) is 8.06. The molecule has 0 bridgehead atoms. The summed E-state index contributed by atoms with van der Waals surface area (Å²) in [5.74, 6) is 1.18. The van der Waals surface area contributed by atoms with Gasteiger partial charge in [0.2, 0.25) is 11.0 Å². The first kappa shape index (κ1) is 18.0. The van der Waals surface area contributed by atoms with Crippen molar-refractivity contribution in [2.24, 2.45) is 5.92 Å². The lowest BCUT2D eigenvalue weighted by atomic mass is 10.2. The fourth-order valence-electron chi connectivity index (χ4n) is 1.65. The van der Waals surface area contributed by atoms with Gasteiger partial charge in [-0.15, -0.1) is 10.2 Å². The van der Waals surface area contributed by atoms with Crippen LogP contribution in [0.1, 0.15) is 20.3 Å². The summed E-state index contributed by atoms with van der Waals surface area (Å²) in [6.45, 7) is 5.16. The standard InChI is InChI=1S/C15H19ClN4OS2/c1-10(2)9-17-14-19-20-15(23-14)22-7-6-13(21)18-12-5-3-4-11(16)8-12/h3-5,8,10H,6-7,9H2,1-2H3,(H,17,19)(H,18,21). The maximum Gasteiger partial charge on any atom is 0.225 e. The van der Waals surface area contributed by atoms with E-state index in [4.69, 9.17) is 11.6 Å². The smallest absolute Gasteiger partial charge is 0.225 e. The SMILES string of the molecule is CC(C)CNc1nnc(SCCC(=O)Nc2cccc(Cl)c2)s1. The monoisotopic (exact) mass is 370 g/mol. The molecule has 0 radical (unpaired) electrons. The molecule has 0 fully saturated rings. The van der Waals surface area contributed by atoms with Crippen LogP contribution in [0.4, 0.5) is 10.8 Å². The summed E-state index contributed by atoms with van der Waals surface area (Å²) in [6.07, 6.45) is 0.408. The molecule has 2 rings (SSSR count). The molecule has 5 nitrogen and oxygen atoms in total. The van der Waals surface area contributed by atoms with E-state index in [0.717, 1.165) is 16.0 Å². The minimum absolute atomic E-state index is 0.0394. The molecule has 0 saturated heterocycles. The van der Waals surface area contributed by atoms with Crippen molar-refractivity contribution in [2.45, 2.75) is 24.6 Å². The lowest BCUT2D eigenvalue weighted by Crippen LogP contribution is -2.11. The molecule has 0 aliphatic carbocycles. The Labute approximate surface area is 149 Å². The number of amides is 1. The number of hydrogen-bond acceptors (Lipinski definition) is 6. The molecule has 23 heavy (non-hydrogen) atoms. The molecular formula is C15H19ClN4OS2. The molecule has 0 aliphatic rings. The van der Waals surface area contributed by atoms with Gasteiger partial charge in [-0.05, 0) is 24.1 Å². The number of nitrogens with one attached hydrogen (secondary N) is 2. The van der Waals surface area contributed by atoms with Crippen LogP contribution in [-0.4, -0.2) is 28.4 Å². The van der Waals surface area contributed by atoms with Gasteiger partial charge in [0, 0.05) is 29.4 Å². The van der Waals surface area contributed by atoms with Gasteiger partial charge in [0.1, 0.15) is 0 Å². The zero-order chi connectivity index (χ0) is 16.7. The summed E-state index contributed by atoms with van der Waals surface area (Å²) in [4.78, 5) is 11.9. The van der Waals surface area contributed by atoms with Crippen LogP contribution in [0, 0.1) is 5.92 Å². The topological polar surface area (TPSA) is 66.9 Å². The van der Waals surface area contributed by atoms with E-state index in [9.17, 15) is 4.79 Å². The predicted octanol–water partition coefficient (Wildman–Crippen LogP) is 4.38. The van der Waals surface area contributed by atoms with Crippen LogP contribution in [0.25, 0.3) is 0 Å². The van der Waals surface area contributed by atoms with Crippen molar-refractivity contribution < 1.29 is 4.79 Å². The number of anilines is 2. The van der Waals surface area contributed by atoms with Crippen LogP contribution in [0.5, 0.6) is 0 Å². The third-order valence-corrected chi connectivity index (χ3v) is 4.98. The molecule has 8 heteroatoms. The van der Waals surface area contributed by atoms with Crippen LogP contribution in [0.3, 0.4) is 0 Å². The first-order chi connectivity index (χ1) is 11.0. The number of aromatic nitrogens is 2. The number of halogens is 1. The number of nitrogens with zero attached hydrogens (tertiary/aromatic N) is 2. The third kappa shape index (κ3) is 6.76. The summed E-state index contributed by atoms with van der Waals surface area (Å²) < 4.78 is 0.867. The minimum Gasteiger partial charge on any atom is -0.360 e. The van der Waals surface area contributed by atoms with E-state index in [1.165, 1.54) is 23.1 Å². The van der Waals surface area contributed by atoms with Gasteiger partial charge in [0.05, 0.1) is 0 Å². The summed E-state index contributed by atoms with van der Waals surface area (Å²) in [5, 5.41) is 15.7. The van der Waals surface area contributed by atoms with Crippen molar-refractivity contribution in [1.82, 2.24) is 10.2 Å². The van der Waals surface area contributed by atoms with Gasteiger partial charge in [-0.25, -0.2) is 0 Å². The van der Waals surface area contributed by atoms with Gasteiger partial charge < -0.3 is 10.6 Å². The fourth-order valence-corrected chi connectivity index (χ4v) is 3.61. The maximum atomic E-state index is 11.9. The Kier molecular flexibility index (Phi) is 7.14. The Morgan fingerprint density at radius 2 is 2.22 bits per heavy atom. The normalized spacial score (nSPS) is 10.8. The minimum atomic E-state index is -0.0394. The average Bonchev–Trinajstić information content (AvgIpc) is 2.93. The van der Waals surface area contributed by atoms with Gasteiger partial charge >= 0.3 is 0 Å². The number of carbonyl (C=O) groups excluding carboxylic acids is 1. The first-order valence-electron chi connectivity index (χ1n) is 7.28. The summed E-state index contributed by atoms with van der Waals surface area (Å²) in [7, 11) is 0. The maximum absolute atomic E-state index is 11.9. The van der Waals surface area contributed by atoms with E-state index in [1.807, 2.05) is 6.07 Å². The molecular weight excluding hydrogens is 352 g/mol. The second kappa shape index (κ2) is 9.10. The highest BCUT2D eigenvalue weighted by molar-refractivity contribution is 8.01. The Bertz CT molecular complexity index is 648. The highest BCUT2D eigenvalue weighted by atomic mass is 35.5. The molecule has 0 atom stereocenters. The van der Waals surface area contributed by atoms with Crippen LogP contribution in [-0.2, 0) is 4.79 Å². The molecule has 1 aromatic heterocycles. The number of rotatable bonds is 8. The fraction of sp³-hybridized carbons (Fsp3) is 0.400. The van der Waals surface area contributed by atoms with Crippen molar-refractivity contribution in [2.75, 3.05) is 22.9 Å². The Hall–Kier alpha value is -1.31. The molecule has 1 heterocycles. The van der Waals surface area contributed by atoms with E-state index >= 15 is 0 Å². The Morgan fingerprint density at radius 1 is 1.39 bits per heavy atom. The van der Waals surface area contributed by atoms with Crippen LogP contribution in [0.2, 0.25) is 5.02 Å². The predicted molar refractivity (Wildman–Crippen MR) is 98.7 cm³/mol. The van der Waals surface area contributed by atoms with Crippen LogP contribution in [0.15, 0.2) is 28.6 Å². The molecule has 2 aromatic rings. The number of benzene rings is 1. The second-order valence-electron chi connectivity index (χ2n) is 5.30. The first-order valence-corrected chi connectivity index (χ1v) is 9.46. The van der Waals surface area contributed by atoms with Crippen molar-refractivity contribution in [3.05, 3.63) is 29.3 Å². The van der Waals surface area contributed by atoms with Crippen molar-refractivity contribution in [1.29, 1.82) is 0 Å². The zero-order valence-electron chi connectivity index (χ0n) is 13.0. The average molecular weight is 371 g/mol. The van der Waals surface area contributed by atoms with Crippen molar-refractivity contribution in [3.63, 3.8) is 0 Å². The van der Waals surface area contributed by atoms with Crippen molar-refractivity contribution >= 4 is 51.4 Å². The van der Waals surface area contributed by atoms with Gasteiger partial charge in [-0.3, -0.25) is 4.79 Å². The molecule has 0 saturated carbocycles. The van der Waals surface area contributed by atoms with Crippen molar-refractivity contribution in [3.8, 4) is 0 Å². The van der Waals surface area contributed by atoms with E-state index in [0.29, 0.717) is 28.8 Å². The van der Waals surface area contributed by atoms with Crippen LogP contribution < -0.4 is 10.6 Å². The summed E-state index contributed by atoms with van der Waals surface area (Å²) in [6, 6.07) is 7.12. The molecule has 1 amide bonds. The Balaban J connectivity index is 1.71. The molecule has 0 spiro atoms. The van der Waals surface area contributed by atoms with E-state index in [2.05, 4.69) is 34.7 Å². The highest BCUT2D eigenvalue weighted by Crippen LogP contribution is 2.26. The van der Waals surface area contributed by atoms with Crippen LogP contribution >= 0.6 is 34.7 Å². The molecule has 2 N–H and O–H groups in total. The molecule has 1 aromatic carbocycles. The lowest BCUT2D eigenvalue weighted by molar-refractivity contribution is -0.115. The van der Waals surface area contributed by atoms with E-state index < -0.39 is 0 Å². The van der Waals surface area contributed by atoms with E-state index in [1.54, 1.807) is 18.2 Å². The summed E-state index contributed by atoms with van der Waals surface area (Å²) >= 11 is 8.93. The molecule has 0 unspecified atom stereocenters. The molecule has 124 valence electrons.